The standard InChI is InChI=1S/C15H22N2O3/c1-2-19-14-12(6-5-7-13(14)16)15(18)20-11-10-17-8-3-4-9-17/h5-7H,2-4,8-11,16H2,1H3. The zero-order chi connectivity index (χ0) is 14.4. The van der Waals surface area contributed by atoms with E-state index < -0.39 is 0 Å². The van der Waals surface area contributed by atoms with Crippen LogP contribution in [0.3, 0.4) is 0 Å². The summed E-state index contributed by atoms with van der Waals surface area (Å²) in [6.45, 7) is 5.70. The van der Waals surface area contributed by atoms with Gasteiger partial charge in [0.15, 0.2) is 5.75 Å². The Kier molecular flexibility index (Phi) is 5.24. The zero-order valence-electron chi connectivity index (χ0n) is 11.9. The van der Waals surface area contributed by atoms with Crippen LogP contribution in [0.2, 0.25) is 0 Å². The predicted octanol–water partition coefficient (Wildman–Crippen LogP) is 1.92. The van der Waals surface area contributed by atoms with Gasteiger partial charge in [-0.3, -0.25) is 4.90 Å². The molecule has 1 aliphatic rings. The van der Waals surface area contributed by atoms with Crippen molar-refractivity contribution in [3.05, 3.63) is 23.8 Å². The van der Waals surface area contributed by atoms with Crippen LogP contribution in [0.15, 0.2) is 18.2 Å². The molecule has 1 aromatic rings. The van der Waals surface area contributed by atoms with Crippen molar-refractivity contribution in [1.29, 1.82) is 0 Å². The second-order valence-electron chi connectivity index (χ2n) is 4.84. The summed E-state index contributed by atoms with van der Waals surface area (Å²) in [6, 6.07) is 5.13. The summed E-state index contributed by atoms with van der Waals surface area (Å²) < 4.78 is 10.7. The molecule has 0 aliphatic carbocycles. The molecule has 0 atom stereocenters. The summed E-state index contributed by atoms with van der Waals surface area (Å²) in [5.74, 6) is 0.0427. The molecular weight excluding hydrogens is 256 g/mol. The molecule has 0 unspecified atom stereocenters. The van der Waals surface area contributed by atoms with E-state index in [-0.39, 0.29) is 5.97 Å². The lowest BCUT2D eigenvalue weighted by Crippen LogP contribution is -2.25. The minimum absolute atomic E-state index is 0.375. The van der Waals surface area contributed by atoms with Gasteiger partial charge in [-0.1, -0.05) is 6.07 Å². The van der Waals surface area contributed by atoms with E-state index in [9.17, 15) is 4.79 Å². The molecule has 0 spiro atoms. The van der Waals surface area contributed by atoms with Crippen LogP contribution in [0.5, 0.6) is 5.75 Å². The monoisotopic (exact) mass is 278 g/mol. The van der Waals surface area contributed by atoms with Gasteiger partial charge in [-0.15, -0.1) is 0 Å². The van der Waals surface area contributed by atoms with Crippen molar-refractivity contribution in [2.75, 3.05) is 38.6 Å². The molecule has 0 bridgehead atoms. The molecule has 0 radical (unpaired) electrons. The van der Waals surface area contributed by atoms with Gasteiger partial charge in [0.05, 0.1) is 12.3 Å². The first-order chi connectivity index (χ1) is 9.72. The summed E-state index contributed by atoms with van der Waals surface area (Å²) in [6.07, 6.45) is 2.47. The molecule has 20 heavy (non-hydrogen) atoms. The van der Waals surface area contributed by atoms with Crippen molar-refractivity contribution in [3.63, 3.8) is 0 Å². The molecule has 1 aromatic carbocycles. The molecule has 2 N–H and O–H groups in total. The number of hydrogen-bond donors (Lipinski definition) is 1. The lowest BCUT2D eigenvalue weighted by molar-refractivity contribution is 0.0468. The van der Waals surface area contributed by atoms with E-state index in [4.69, 9.17) is 15.2 Å². The van der Waals surface area contributed by atoms with Crippen molar-refractivity contribution in [2.45, 2.75) is 19.8 Å². The Hall–Kier alpha value is -1.75. The third-order valence-corrected chi connectivity index (χ3v) is 3.39. The third kappa shape index (κ3) is 3.63. The second kappa shape index (κ2) is 7.14. The molecule has 110 valence electrons. The van der Waals surface area contributed by atoms with E-state index in [1.54, 1.807) is 18.2 Å². The van der Waals surface area contributed by atoms with E-state index in [2.05, 4.69) is 4.90 Å². The summed E-state index contributed by atoms with van der Waals surface area (Å²) in [5, 5.41) is 0. The van der Waals surface area contributed by atoms with Crippen LogP contribution in [0.25, 0.3) is 0 Å². The van der Waals surface area contributed by atoms with Crippen LogP contribution in [0.1, 0.15) is 30.1 Å². The molecule has 1 saturated heterocycles. The molecule has 1 heterocycles. The Morgan fingerprint density at radius 3 is 2.80 bits per heavy atom. The average Bonchev–Trinajstić information content (AvgIpc) is 2.94. The van der Waals surface area contributed by atoms with Gasteiger partial charge < -0.3 is 15.2 Å². The Morgan fingerprint density at radius 1 is 1.35 bits per heavy atom. The fraction of sp³-hybridized carbons (Fsp3) is 0.533. The third-order valence-electron chi connectivity index (χ3n) is 3.39. The van der Waals surface area contributed by atoms with Crippen LogP contribution < -0.4 is 10.5 Å². The molecule has 1 fully saturated rings. The molecule has 0 aromatic heterocycles. The van der Waals surface area contributed by atoms with E-state index in [0.717, 1.165) is 19.6 Å². The number of anilines is 1. The normalized spacial score (nSPS) is 15.2. The first-order valence-corrected chi connectivity index (χ1v) is 7.13. The van der Waals surface area contributed by atoms with Gasteiger partial charge in [-0.05, 0) is 45.0 Å². The van der Waals surface area contributed by atoms with E-state index in [0.29, 0.717) is 30.2 Å². The Bertz CT molecular complexity index is 456. The molecule has 2 rings (SSSR count). The topological polar surface area (TPSA) is 64.8 Å². The number of nitrogens with two attached hydrogens (primary N) is 1. The van der Waals surface area contributed by atoms with Gasteiger partial charge in [0.2, 0.25) is 0 Å². The fourth-order valence-electron chi connectivity index (χ4n) is 2.37. The van der Waals surface area contributed by atoms with E-state index in [1.165, 1.54) is 12.8 Å². The summed E-state index contributed by atoms with van der Waals surface area (Å²) in [5.41, 5.74) is 6.69. The Balaban J connectivity index is 1.92. The molecular formula is C15H22N2O3. The second-order valence-corrected chi connectivity index (χ2v) is 4.84. The number of carbonyl (C=O) groups excluding carboxylic acids is 1. The van der Waals surface area contributed by atoms with Crippen molar-refractivity contribution in [1.82, 2.24) is 4.90 Å². The average molecular weight is 278 g/mol. The van der Waals surface area contributed by atoms with Gasteiger partial charge in [0.1, 0.15) is 12.2 Å². The van der Waals surface area contributed by atoms with Gasteiger partial charge >= 0.3 is 5.97 Å². The largest absolute Gasteiger partial charge is 0.491 e. The number of nitrogens with zero attached hydrogens (tertiary/aromatic N) is 1. The summed E-state index contributed by atoms with van der Waals surface area (Å²) >= 11 is 0. The van der Waals surface area contributed by atoms with Gasteiger partial charge in [-0.25, -0.2) is 4.79 Å². The van der Waals surface area contributed by atoms with Gasteiger partial charge in [-0.2, -0.15) is 0 Å². The number of benzene rings is 1. The molecule has 1 aliphatic heterocycles. The SMILES string of the molecule is CCOc1c(N)cccc1C(=O)OCCN1CCCC1. The summed E-state index contributed by atoms with van der Waals surface area (Å²) in [7, 11) is 0. The maximum Gasteiger partial charge on any atom is 0.342 e. The lowest BCUT2D eigenvalue weighted by Gasteiger charge is -2.15. The fourth-order valence-corrected chi connectivity index (χ4v) is 2.37. The van der Waals surface area contributed by atoms with Gasteiger partial charge in [0.25, 0.3) is 0 Å². The Morgan fingerprint density at radius 2 is 2.10 bits per heavy atom. The first kappa shape index (κ1) is 14.7. The minimum Gasteiger partial charge on any atom is -0.491 e. The highest BCUT2D eigenvalue weighted by Crippen LogP contribution is 2.27. The summed E-state index contributed by atoms with van der Waals surface area (Å²) in [4.78, 5) is 14.4. The van der Waals surface area contributed by atoms with Crippen molar-refractivity contribution in [2.24, 2.45) is 0 Å². The number of likely N-dealkylation sites (tertiary alicyclic amines) is 1. The molecule has 5 heteroatoms. The highest BCUT2D eigenvalue weighted by atomic mass is 16.5. The molecule has 5 nitrogen and oxygen atoms in total. The van der Waals surface area contributed by atoms with Gasteiger partial charge in [0, 0.05) is 6.54 Å². The van der Waals surface area contributed by atoms with Crippen LogP contribution in [-0.4, -0.2) is 43.7 Å². The quantitative estimate of drug-likeness (QED) is 0.636. The molecule has 0 amide bonds. The number of carbonyl (C=O) groups is 1. The number of esters is 1. The van der Waals surface area contributed by atoms with Crippen molar-refractivity contribution < 1.29 is 14.3 Å². The molecule has 0 saturated carbocycles. The number of ether oxygens (including phenoxy) is 2. The zero-order valence-corrected chi connectivity index (χ0v) is 11.9. The van der Waals surface area contributed by atoms with E-state index >= 15 is 0 Å². The maximum absolute atomic E-state index is 12.1. The lowest BCUT2D eigenvalue weighted by atomic mass is 10.2. The number of para-hydroxylation sites is 1. The Labute approximate surface area is 119 Å². The van der Waals surface area contributed by atoms with Crippen LogP contribution >= 0.6 is 0 Å². The number of rotatable bonds is 6. The smallest absolute Gasteiger partial charge is 0.342 e. The van der Waals surface area contributed by atoms with E-state index in [1.807, 2.05) is 6.92 Å². The van der Waals surface area contributed by atoms with Crippen LogP contribution in [0.4, 0.5) is 5.69 Å². The minimum atomic E-state index is -0.375. The maximum atomic E-state index is 12.1. The predicted molar refractivity (Wildman–Crippen MR) is 78.0 cm³/mol. The van der Waals surface area contributed by atoms with Crippen molar-refractivity contribution >= 4 is 11.7 Å². The highest BCUT2D eigenvalue weighted by Gasteiger charge is 2.17. The first-order valence-electron chi connectivity index (χ1n) is 7.13. The van der Waals surface area contributed by atoms with Crippen LogP contribution in [0, 0.1) is 0 Å². The highest BCUT2D eigenvalue weighted by molar-refractivity contribution is 5.94. The number of hydrogen-bond acceptors (Lipinski definition) is 5. The van der Waals surface area contributed by atoms with Crippen molar-refractivity contribution in [3.8, 4) is 5.75 Å². The number of nitrogen functional groups attached to an aromatic ring is 1. The van der Waals surface area contributed by atoms with Crippen LogP contribution in [-0.2, 0) is 4.74 Å².